The summed E-state index contributed by atoms with van der Waals surface area (Å²) in [6.07, 6.45) is -3.81. The van der Waals surface area contributed by atoms with Gasteiger partial charge in [-0.05, 0) is 44.2 Å². The van der Waals surface area contributed by atoms with E-state index in [1.54, 1.807) is 12.1 Å². The largest absolute Gasteiger partial charge is 0.492 e. The van der Waals surface area contributed by atoms with Crippen LogP contribution in [-0.2, 0) is 21.0 Å². The molecule has 0 fully saturated rings. The standard InChI is InChI=1S/C20H23F3N2O4S/c1-14-7-9-18(10-8-14)29-12-11-24-19(26)15(2)25(30(3,27)28)17-6-4-5-16(13-17)20(21,22)23/h4-10,13,15H,11-12H2,1-3H3,(H,24,26)/t15-/m0/s1. The molecule has 0 heterocycles. The summed E-state index contributed by atoms with van der Waals surface area (Å²) in [7, 11) is -4.03. The fourth-order valence-corrected chi connectivity index (χ4v) is 3.92. The molecule has 0 aliphatic carbocycles. The molecular formula is C20H23F3N2O4S. The number of alkyl halides is 3. The normalized spacial score (nSPS) is 12.9. The number of hydrogen-bond donors (Lipinski definition) is 1. The highest BCUT2D eigenvalue weighted by molar-refractivity contribution is 7.92. The summed E-state index contributed by atoms with van der Waals surface area (Å²) in [5.74, 6) is -0.0463. The van der Waals surface area contributed by atoms with Crippen LogP contribution in [0.2, 0.25) is 0 Å². The minimum Gasteiger partial charge on any atom is -0.492 e. The van der Waals surface area contributed by atoms with Gasteiger partial charge >= 0.3 is 6.18 Å². The van der Waals surface area contributed by atoms with Crippen molar-refractivity contribution in [3.05, 3.63) is 59.7 Å². The molecule has 2 aromatic rings. The van der Waals surface area contributed by atoms with Crippen LogP contribution in [0.5, 0.6) is 5.75 Å². The first kappa shape index (κ1) is 23.5. The molecule has 0 bridgehead atoms. The van der Waals surface area contributed by atoms with E-state index < -0.39 is 33.7 Å². The average Bonchev–Trinajstić information content (AvgIpc) is 2.65. The van der Waals surface area contributed by atoms with Gasteiger partial charge in [-0.3, -0.25) is 9.10 Å². The second-order valence-electron chi connectivity index (χ2n) is 6.74. The number of hydrogen-bond acceptors (Lipinski definition) is 4. The van der Waals surface area contributed by atoms with E-state index in [0.717, 1.165) is 24.0 Å². The Morgan fingerprint density at radius 1 is 1.17 bits per heavy atom. The van der Waals surface area contributed by atoms with E-state index in [0.29, 0.717) is 16.1 Å². The molecule has 0 saturated carbocycles. The van der Waals surface area contributed by atoms with Crippen LogP contribution in [0, 0.1) is 6.92 Å². The molecule has 0 spiro atoms. The van der Waals surface area contributed by atoms with Crippen molar-refractivity contribution in [2.45, 2.75) is 26.1 Å². The molecule has 1 atom stereocenters. The number of benzene rings is 2. The van der Waals surface area contributed by atoms with E-state index >= 15 is 0 Å². The van der Waals surface area contributed by atoms with Crippen LogP contribution >= 0.6 is 0 Å². The van der Waals surface area contributed by atoms with Crippen LogP contribution in [-0.4, -0.2) is 39.8 Å². The Bertz CT molecular complexity index is 976. The van der Waals surface area contributed by atoms with Gasteiger partial charge in [0.1, 0.15) is 18.4 Å². The third kappa shape index (κ3) is 6.38. The van der Waals surface area contributed by atoms with E-state index in [2.05, 4.69) is 5.32 Å². The van der Waals surface area contributed by atoms with Crippen LogP contribution in [0.25, 0.3) is 0 Å². The van der Waals surface area contributed by atoms with Crippen molar-refractivity contribution in [2.24, 2.45) is 0 Å². The van der Waals surface area contributed by atoms with E-state index in [-0.39, 0.29) is 18.8 Å². The number of nitrogens with one attached hydrogen (secondary N) is 1. The summed E-state index contributed by atoms with van der Waals surface area (Å²) >= 11 is 0. The van der Waals surface area contributed by atoms with Crippen molar-refractivity contribution < 1.29 is 31.1 Å². The summed E-state index contributed by atoms with van der Waals surface area (Å²) < 4.78 is 69.6. The molecule has 164 valence electrons. The number of rotatable bonds is 8. The third-order valence-electron chi connectivity index (χ3n) is 4.21. The van der Waals surface area contributed by atoms with E-state index in [1.807, 2.05) is 19.1 Å². The first-order valence-electron chi connectivity index (χ1n) is 9.03. The highest BCUT2D eigenvalue weighted by atomic mass is 32.2. The van der Waals surface area contributed by atoms with Crippen LogP contribution in [0.3, 0.4) is 0 Å². The van der Waals surface area contributed by atoms with Crippen molar-refractivity contribution in [3.63, 3.8) is 0 Å². The Hall–Kier alpha value is -2.75. The Balaban J connectivity index is 2.07. The van der Waals surface area contributed by atoms with Crippen molar-refractivity contribution in [1.29, 1.82) is 0 Å². The number of anilines is 1. The number of sulfonamides is 1. The number of aryl methyl sites for hydroxylation is 1. The molecule has 0 aromatic heterocycles. The van der Waals surface area contributed by atoms with Gasteiger partial charge in [-0.1, -0.05) is 23.8 Å². The summed E-state index contributed by atoms with van der Waals surface area (Å²) in [6, 6.07) is 9.86. The second kappa shape index (κ2) is 9.38. The first-order chi connectivity index (χ1) is 13.9. The molecule has 30 heavy (non-hydrogen) atoms. The Kier molecular flexibility index (Phi) is 7.35. The van der Waals surface area contributed by atoms with Gasteiger partial charge in [0.05, 0.1) is 24.1 Å². The minimum absolute atomic E-state index is 0.0945. The highest BCUT2D eigenvalue weighted by Gasteiger charge is 2.33. The lowest BCUT2D eigenvalue weighted by atomic mass is 10.2. The number of ether oxygens (including phenoxy) is 1. The van der Waals surface area contributed by atoms with Crippen molar-refractivity contribution >= 4 is 21.6 Å². The third-order valence-corrected chi connectivity index (χ3v) is 5.45. The van der Waals surface area contributed by atoms with Crippen molar-refractivity contribution in [3.8, 4) is 5.75 Å². The molecule has 1 amide bonds. The Morgan fingerprint density at radius 2 is 1.80 bits per heavy atom. The molecule has 6 nitrogen and oxygen atoms in total. The monoisotopic (exact) mass is 444 g/mol. The molecular weight excluding hydrogens is 421 g/mol. The molecule has 0 saturated heterocycles. The zero-order valence-corrected chi connectivity index (χ0v) is 17.5. The van der Waals surface area contributed by atoms with Gasteiger partial charge < -0.3 is 10.1 Å². The molecule has 10 heteroatoms. The van der Waals surface area contributed by atoms with Crippen LogP contribution < -0.4 is 14.4 Å². The van der Waals surface area contributed by atoms with E-state index in [1.165, 1.54) is 13.0 Å². The quantitative estimate of drug-likeness (QED) is 0.634. The molecule has 1 N–H and O–H groups in total. The number of amides is 1. The van der Waals surface area contributed by atoms with Crippen LogP contribution in [0.4, 0.5) is 18.9 Å². The topological polar surface area (TPSA) is 75.7 Å². The van der Waals surface area contributed by atoms with E-state index in [4.69, 9.17) is 4.74 Å². The summed E-state index contributed by atoms with van der Waals surface area (Å²) in [5, 5.41) is 2.54. The van der Waals surface area contributed by atoms with Crippen molar-refractivity contribution in [1.82, 2.24) is 5.32 Å². The highest BCUT2D eigenvalue weighted by Crippen LogP contribution is 2.32. The summed E-state index contributed by atoms with van der Waals surface area (Å²) in [6.45, 7) is 3.47. The predicted molar refractivity (Wildman–Crippen MR) is 108 cm³/mol. The molecule has 2 aromatic carbocycles. The summed E-state index contributed by atoms with van der Waals surface area (Å²) in [4.78, 5) is 12.4. The van der Waals surface area contributed by atoms with Gasteiger partial charge in [-0.15, -0.1) is 0 Å². The van der Waals surface area contributed by atoms with Gasteiger partial charge in [0.2, 0.25) is 15.9 Å². The number of carbonyl (C=O) groups excluding carboxylic acids is 1. The first-order valence-corrected chi connectivity index (χ1v) is 10.9. The Morgan fingerprint density at radius 3 is 2.37 bits per heavy atom. The number of nitrogens with zero attached hydrogens (tertiary/aromatic N) is 1. The second-order valence-corrected chi connectivity index (χ2v) is 8.59. The Labute approximate surface area is 173 Å². The molecule has 0 aliphatic rings. The maximum Gasteiger partial charge on any atom is 0.416 e. The van der Waals surface area contributed by atoms with Gasteiger partial charge in [0, 0.05) is 0 Å². The maximum atomic E-state index is 13.0. The fourth-order valence-electron chi connectivity index (χ4n) is 2.75. The molecule has 0 radical (unpaired) electrons. The molecule has 0 unspecified atom stereocenters. The molecule has 2 rings (SSSR count). The SMILES string of the molecule is Cc1ccc(OCCNC(=O)[C@H](C)N(c2cccc(C(F)(F)F)c2)S(C)(=O)=O)cc1. The lowest BCUT2D eigenvalue weighted by Gasteiger charge is -2.28. The summed E-state index contributed by atoms with van der Waals surface area (Å²) in [5.41, 5.74) is -0.182. The van der Waals surface area contributed by atoms with E-state index in [9.17, 15) is 26.4 Å². The number of carbonyl (C=O) groups is 1. The maximum absolute atomic E-state index is 13.0. The zero-order chi connectivity index (χ0) is 22.5. The lowest BCUT2D eigenvalue weighted by molar-refractivity contribution is -0.137. The van der Waals surface area contributed by atoms with Crippen LogP contribution in [0.15, 0.2) is 48.5 Å². The van der Waals surface area contributed by atoms with Gasteiger partial charge in [0.15, 0.2) is 0 Å². The lowest BCUT2D eigenvalue weighted by Crippen LogP contribution is -2.48. The van der Waals surface area contributed by atoms with Crippen molar-refractivity contribution in [2.75, 3.05) is 23.7 Å². The van der Waals surface area contributed by atoms with Gasteiger partial charge in [-0.25, -0.2) is 8.42 Å². The van der Waals surface area contributed by atoms with Gasteiger partial charge in [0.25, 0.3) is 0 Å². The molecule has 0 aliphatic heterocycles. The minimum atomic E-state index is -4.64. The smallest absolute Gasteiger partial charge is 0.416 e. The van der Waals surface area contributed by atoms with Gasteiger partial charge in [-0.2, -0.15) is 13.2 Å². The predicted octanol–water partition coefficient (Wildman–Crippen LogP) is 3.36. The number of halogens is 3. The zero-order valence-electron chi connectivity index (χ0n) is 16.7. The van der Waals surface area contributed by atoms with Crippen LogP contribution in [0.1, 0.15) is 18.1 Å². The average molecular weight is 444 g/mol. The fraction of sp³-hybridized carbons (Fsp3) is 0.350.